The molecule has 2 N–H and O–H groups in total. The lowest BCUT2D eigenvalue weighted by molar-refractivity contribution is -0.142. The van der Waals surface area contributed by atoms with Gasteiger partial charge in [0.05, 0.1) is 11.5 Å². The van der Waals surface area contributed by atoms with Crippen molar-refractivity contribution in [1.29, 1.82) is 0 Å². The van der Waals surface area contributed by atoms with Crippen molar-refractivity contribution in [3.8, 4) is 0 Å². The van der Waals surface area contributed by atoms with Crippen LogP contribution < -0.4 is 5.32 Å². The summed E-state index contributed by atoms with van der Waals surface area (Å²) in [6.45, 7) is 1.74. The highest BCUT2D eigenvalue weighted by molar-refractivity contribution is 5.94. The summed E-state index contributed by atoms with van der Waals surface area (Å²) in [5.74, 6) is -1.98. The van der Waals surface area contributed by atoms with Gasteiger partial charge in [-0.2, -0.15) is 0 Å². The Morgan fingerprint density at radius 3 is 2.29 bits per heavy atom. The molecule has 1 saturated carbocycles. The Kier molecular flexibility index (Phi) is 6.49. The number of amides is 3. The lowest BCUT2D eigenvalue weighted by atomic mass is 9.86. The van der Waals surface area contributed by atoms with Gasteiger partial charge < -0.3 is 20.2 Å². The summed E-state index contributed by atoms with van der Waals surface area (Å²) in [5.41, 5.74) is 0.0515. The molecule has 1 aromatic carbocycles. The Morgan fingerprint density at radius 2 is 1.61 bits per heavy atom. The molecule has 152 valence electrons. The minimum Gasteiger partial charge on any atom is -0.481 e. The summed E-state index contributed by atoms with van der Waals surface area (Å²) in [5, 5.41) is 12.1. The molecule has 28 heavy (non-hydrogen) atoms. The van der Waals surface area contributed by atoms with E-state index in [1.807, 2.05) is 0 Å². The van der Waals surface area contributed by atoms with Crippen molar-refractivity contribution in [2.24, 2.45) is 5.92 Å². The zero-order chi connectivity index (χ0) is 20.1. The second-order valence-electron chi connectivity index (χ2n) is 7.45. The van der Waals surface area contributed by atoms with Gasteiger partial charge in [0.15, 0.2) is 0 Å². The van der Waals surface area contributed by atoms with Crippen LogP contribution >= 0.6 is 0 Å². The quantitative estimate of drug-likeness (QED) is 0.828. The number of carbonyl (C=O) groups is 3. The van der Waals surface area contributed by atoms with E-state index in [9.17, 15) is 18.8 Å². The first-order valence-corrected chi connectivity index (χ1v) is 9.77. The Morgan fingerprint density at radius 1 is 0.964 bits per heavy atom. The third kappa shape index (κ3) is 4.79. The molecule has 0 aromatic heterocycles. The maximum atomic E-state index is 13.9. The zero-order valence-corrected chi connectivity index (χ0v) is 15.8. The highest BCUT2D eigenvalue weighted by Crippen LogP contribution is 2.24. The molecule has 1 aliphatic heterocycles. The number of hydrogen-bond acceptors (Lipinski definition) is 3. The Balaban J connectivity index is 1.51. The summed E-state index contributed by atoms with van der Waals surface area (Å²) in [7, 11) is 0. The molecule has 8 heteroatoms. The number of aliphatic carboxylic acids is 1. The standard InChI is InChI=1S/C20H26FN3O4/c21-17-5-2-1-4-16(17)18(25)23-10-3-11-24(13-12-23)20(28)22-15-8-6-14(7-9-15)19(26)27/h1-2,4-5,14-15H,3,6-13H2,(H,22,28)(H,26,27). The van der Waals surface area contributed by atoms with Gasteiger partial charge in [0.2, 0.25) is 0 Å². The van der Waals surface area contributed by atoms with Crippen molar-refractivity contribution in [2.75, 3.05) is 26.2 Å². The number of hydrogen-bond donors (Lipinski definition) is 2. The Labute approximate surface area is 163 Å². The molecule has 1 heterocycles. The lowest BCUT2D eigenvalue weighted by Gasteiger charge is -2.29. The topological polar surface area (TPSA) is 89.9 Å². The second-order valence-corrected chi connectivity index (χ2v) is 7.45. The van der Waals surface area contributed by atoms with Gasteiger partial charge in [-0.1, -0.05) is 12.1 Å². The maximum Gasteiger partial charge on any atom is 0.317 e. The second kappa shape index (κ2) is 9.03. The number of nitrogens with zero attached hydrogens (tertiary/aromatic N) is 2. The van der Waals surface area contributed by atoms with Crippen molar-refractivity contribution in [3.05, 3.63) is 35.6 Å². The van der Waals surface area contributed by atoms with E-state index in [-0.39, 0.29) is 29.5 Å². The number of carboxylic acid groups (broad SMARTS) is 1. The largest absolute Gasteiger partial charge is 0.481 e. The van der Waals surface area contributed by atoms with Crippen LogP contribution in [0.25, 0.3) is 0 Å². The Bertz CT molecular complexity index is 734. The molecule has 3 rings (SSSR count). The smallest absolute Gasteiger partial charge is 0.317 e. The van der Waals surface area contributed by atoms with E-state index in [1.165, 1.54) is 12.1 Å². The fourth-order valence-corrected chi connectivity index (χ4v) is 3.88. The van der Waals surface area contributed by atoms with Crippen LogP contribution in [0.3, 0.4) is 0 Å². The average Bonchev–Trinajstić information content (AvgIpc) is 2.94. The molecule has 1 aliphatic carbocycles. The van der Waals surface area contributed by atoms with E-state index in [2.05, 4.69) is 5.32 Å². The number of benzene rings is 1. The van der Waals surface area contributed by atoms with E-state index >= 15 is 0 Å². The number of rotatable bonds is 3. The highest BCUT2D eigenvalue weighted by Gasteiger charge is 2.29. The van der Waals surface area contributed by atoms with E-state index in [0.717, 1.165) is 0 Å². The van der Waals surface area contributed by atoms with Crippen molar-refractivity contribution in [1.82, 2.24) is 15.1 Å². The first-order valence-electron chi connectivity index (χ1n) is 9.77. The van der Waals surface area contributed by atoms with Crippen LogP contribution in [0.5, 0.6) is 0 Å². The minimum atomic E-state index is -0.767. The summed E-state index contributed by atoms with van der Waals surface area (Å²) in [6, 6.07) is 5.73. The SMILES string of the molecule is O=C(O)C1CCC(NC(=O)N2CCCN(C(=O)c3ccccc3F)CC2)CC1. The molecule has 7 nitrogen and oxygen atoms in total. The predicted octanol–water partition coefficient (Wildman–Crippen LogP) is 2.33. The van der Waals surface area contributed by atoms with Crippen LogP contribution in [0.2, 0.25) is 0 Å². The van der Waals surface area contributed by atoms with Crippen LogP contribution in [0.1, 0.15) is 42.5 Å². The molecular formula is C20H26FN3O4. The van der Waals surface area contributed by atoms with Crippen molar-refractivity contribution in [3.63, 3.8) is 0 Å². The maximum absolute atomic E-state index is 13.9. The number of carbonyl (C=O) groups excluding carboxylic acids is 2. The van der Waals surface area contributed by atoms with Crippen LogP contribution in [0.15, 0.2) is 24.3 Å². The van der Waals surface area contributed by atoms with E-state index in [0.29, 0.717) is 58.3 Å². The molecule has 2 aliphatic rings. The van der Waals surface area contributed by atoms with Crippen LogP contribution in [-0.4, -0.2) is 65.0 Å². The molecule has 0 spiro atoms. The first kappa shape index (κ1) is 20.1. The predicted molar refractivity (Wildman–Crippen MR) is 100 cm³/mol. The minimum absolute atomic E-state index is 0.0116. The third-order valence-corrected chi connectivity index (χ3v) is 5.58. The lowest BCUT2D eigenvalue weighted by Crippen LogP contribution is -2.47. The van der Waals surface area contributed by atoms with Gasteiger partial charge in [-0.25, -0.2) is 9.18 Å². The number of carboxylic acids is 1. The van der Waals surface area contributed by atoms with Gasteiger partial charge in [0.1, 0.15) is 5.82 Å². The summed E-state index contributed by atoms with van der Waals surface area (Å²) in [4.78, 5) is 39.4. The van der Waals surface area contributed by atoms with Crippen LogP contribution in [0, 0.1) is 11.7 Å². The van der Waals surface area contributed by atoms with Crippen molar-refractivity contribution < 1.29 is 23.9 Å². The number of nitrogens with one attached hydrogen (secondary N) is 1. The number of halogens is 1. The fourth-order valence-electron chi connectivity index (χ4n) is 3.88. The highest BCUT2D eigenvalue weighted by atomic mass is 19.1. The molecule has 0 atom stereocenters. The first-order chi connectivity index (χ1) is 13.5. The van der Waals surface area contributed by atoms with Gasteiger partial charge in [-0.15, -0.1) is 0 Å². The molecule has 2 fully saturated rings. The summed E-state index contributed by atoms with van der Waals surface area (Å²) >= 11 is 0. The van der Waals surface area contributed by atoms with Crippen LogP contribution in [-0.2, 0) is 4.79 Å². The van der Waals surface area contributed by atoms with E-state index < -0.39 is 11.8 Å². The van der Waals surface area contributed by atoms with Crippen molar-refractivity contribution in [2.45, 2.75) is 38.1 Å². The molecular weight excluding hydrogens is 365 g/mol. The Hall–Kier alpha value is -2.64. The average molecular weight is 391 g/mol. The van der Waals surface area contributed by atoms with Gasteiger partial charge in [-0.3, -0.25) is 9.59 Å². The van der Waals surface area contributed by atoms with E-state index in [1.54, 1.807) is 21.9 Å². The van der Waals surface area contributed by atoms with Gasteiger partial charge in [-0.05, 0) is 44.2 Å². The van der Waals surface area contributed by atoms with Gasteiger partial charge in [0, 0.05) is 32.2 Å². The number of urea groups is 1. The molecule has 1 saturated heterocycles. The monoisotopic (exact) mass is 391 g/mol. The molecule has 0 bridgehead atoms. The molecule has 0 radical (unpaired) electrons. The molecule has 0 unspecified atom stereocenters. The molecule has 1 aromatic rings. The fraction of sp³-hybridized carbons (Fsp3) is 0.550. The summed E-state index contributed by atoms with van der Waals surface area (Å²) < 4.78 is 13.9. The summed E-state index contributed by atoms with van der Waals surface area (Å²) in [6.07, 6.45) is 3.10. The van der Waals surface area contributed by atoms with Crippen molar-refractivity contribution >= 4 is 17.9 Å². The molecule has 3 amide bonds. The van der Waals surface area contributed by atoms with Crippen LogP contribution in [0.4, 0.5) is 9.18 Å². The van der Waals surface area contributed by atoms with E-state index in [4.69, 9.17) is 5.11 Å². The third-order valence-electron chi connectivity index (χ3n) is 5.58. The normalized spacial score (nSPS) is 23.0. The van der Waals surface area contributed by atoms with Gasteiger partial charge in [0.25, 0.3) is 5.91 Å². The van der Waals surface area contributed by atoms with Gasteiger partial charge >= 0.3 is 12.0 Å². The zero-order valence-electron chi connectivity index (χ0n) is 15.8.